The molecule has 3 N–H and O–H groups in total. The lowest BCUT2D eigenvalue weighted by atomic mass is 9.67. The van der Waals surface area contributed by atoms with E-state index in [2.05, 4.69) is 5.32 Å². The predicted molar refractivity (Wildman–Crippen MR) is 79.4 cm³/mol. The molecule has 0 aromatic heterocycles. The van der Waals surface area contributed by atoms with E-state index in [1.54, 1.807) is 4.90 Å². The molecule has 2 atom stereocenters. The van der Waals surface area contributed by atoms with E-state index in [0.29, 0.717) is 24.4 Å². The molecule has 0 radical (unpaired) electrons. The molecule has 1 saturated heterocycles. The maximum Gasteiger partial charge on any atom is 0.282 e. The van der Waals surface area contributed by atoms with Gasteiger partial charge in [-0.3, -0.25) is 9.59 Å². The smallest absolute Gasteiger partial charge is 0.282 e. The average Bonchev–Trinajstić information content (AvgIpc) is 2.76. The monoisotopic (exact) mass is 297 g/mol. The summed E-state index contributed by atoms with van der Waals surface area (Å²) in [7, 11) is 0. The highest BCUT2D eigenvalue weighted by atomic mass is 32.2. The van der Waals surface area contributed by atoms with Crippen LogP contribution < -0.4 is 11.1 Å². The van der Waals surface area contributed by atoms with E-state index in [0.717, 1.165) is 18.6 Å². The van der Waals surface area contributed by atoms with Crippen molar-refractivity contribution in [3.63, 3.8) is 0 Å². The van der Waals surface area contributed by atoms with E-state index in [4.69, 9.17) is 5.73 Å². The van der Waals surface area contributed by atoms with Gasteiger partial charge in [0.15, 0.2) is 0 Å². The van der Waals surface area contributed by atoms with Crippen molar-refractivity contribution in [2.24, 2.45) is 17.6 Å². The van der Waals surface area contributed by atoms with Crippen LogP contribution in [-0.4, -0.2) is 47.0 Å². The molecule has 1 aliphatic heterocycles. The van der Waals surface area contributed by atoms with Crippen LogP contribution in [0.25, 0.3) is 0 Å². The second-order valence-electron chi connectivity index (χ2n) is 6.31. The van der Waals surface area contributed by atoms with Gasteiger partial charge in [0.05, 0.1) is 0 Å². The third-order valence-corrected chi connectivity index (χ3v) is 5.78. The van der Waals surface area contributed by atoms with Gasteiger partial charge in [0.1, 0.15) is 6.54 Å². The SMILES string of the molecule is NC1CC2CCCC(C1)C2NC(=O)CN1CCSC1=O. The van der Waals surface area contributed by atoms with Crippen LogP contribution in [-0.2, 0) is 4.79 Å². The van der Waals surface area contributed by atoms with Crippen molar-refractivity contribution in [2.75, 3.05) is 18.8 Å². The summed E-state index contributed by atoms with van der Waals surface area (Å²) in [6.45, 7) is 0.910. The van der Waals surface area contributed by atoms with Crippen molar-refractivity contribution in [2.45, 2.75) is 44.2 Å². The van der Waals surface area contributed by atoms with Gasteiger partial charge in [-0.1, -0.05) is 18.2 Å². The molecular formula is C14H23N3O2S. The van der Waals surface area contributed by atoms with Crippen LogP contribution in [0, 0.1) is 11.8 Å². The Labute approximate surface area is 124 Å². The Morgan fingerprint density at radius 2 is 2.05 bits per heavy atom. The molecule has 0 aromatic carbocycles. The Morgan fingerprint density at radius 1 is 1.35 bits per heavy atom. The number of nitrogens with two attached hydrogens (primary N) is 1. The quantitative estimate of drug-likeness (QED) is 0.820. The highest BCUT2D eigenvalue weighted by molar-refractivity contribution is 8.13. The zero-order valence-electron chi connectivity index (χ0n) is 11.7. The van der Waals surface area contributed by atoms with Crippen LogP contribution in [0.3, 0.4) is 0 Å². The van der Waals surface area contributed by atoms with E-state index in [1.807, 2.05) is 0 Å². The maximum atomic E-state index is 12.2. The van der Waals surface area contributed by atoms with Crippen LogP contribution in [0.4, 0.5) is 4.79 Å². The molecule has 2 bridgehead atoms. The Kier molecular flexibility index (Phi) is 4.21. The minimum absolute atomic E-state index is 0.00165. The van der Waals surface area contributed by atoms with E-state index in [1.165, 1.54) is 31.0 Å². The summed E-state index contributed by atoms with van der Waals surface area (Å²) >= 11 is 1.30. The van der Waals surface area contributed by atoms with Crippen molar-refractivity contribution in [3.8, 4) is 0 Å². The van der Waals surface area contributed by atoms with Crippen molar-refractivity contribution >= 4 is 22.9 Å². The molecule has 3 aliphatic rings. The predicted octanol–water partition coefficient (Wildman–Crippen LogP) is 1.18. The van der Waals surface area contributed by atoms with E-state index in [-0.39, 0.29) is 23.7 Å². The molecule has 2 unspecified atom stereocenters. The normalized spacial score (nSPS) is 37.0. The molecule has 2 saturated carbocycles. The zero-order valence-corrected chi connectivity index (χ0v) is 12.5. The minimum Gasteiger partial charge on any atom is -0.351 e. The van der Waals surface area contributed by atoms with Crippen LogP contribution in [0.2, 0.25) is 0 Å². The van der Waals surface area contributed by atoms with Gasteiger partial charge >= 0.3 is 0 Å². The van der Waals surface area contributed by atoms with Gasteiger partial charge in [0.2, 0.25) is 5.91 Å². The first-order chi connectivity index (χ1) is 9.63. The van der Waals surface area contributed by atoms with E-state index >= 15 is 0 Å². The van der Waals surface area contributed by atoms with E-state index < -0.39 is 0 Å². The number of nitrogens with zero attached hydrogens (tertiary/aromatic N) is 1. The third-order valence-electron chi connectivity index (χ3n) is 4.88. The second-order valence-corrected chi connectivity index (χ2v) is 7.36. The summed E-state index contributed by atoms with van der Waals surface area (Å²) < 4.78 is 0. The molecule has 0 spiro atoms. The zero-order chi connectivity index (χ0) is 14.1. The van der Waals surface area contributed by atoms with Gasteiger partial charge in [0.25, 0.3) is 5.24 Å². The van der Waals surface area contributed by atoms with Gasteiger partial charge in [-0.25, -0.2) is 0 Å². The highest BCUT2D eigenvalue weighted by Crippen LogP contribution is 2.39. The fourth-order valence-corrected chi connectivity index (χ4v) is 4.82. The molecule has 2 amide bonds. The van der Waals surface area contributed by atoms with Crippen LogP contribution in [0.15, 0.2) is 0 Å². The second kappa shape index (κ2) is 5.93. The van der Waals surface area contributed by atoms with Crippen LogP contribution >= 0.6 is 11.8 Å². The Morgan fingerprint density at radius 3 is 2.65 bits per heavy atom. The van der Waals surface area contributed by atoms with Crippen molar-refractivity contribution in [3.05, 3.63) is 0 Å². The fraction of sp³-hybridized carbons (Fsp3) is 0.857. The first-order valence-corrected chi connectivity index (χ1v) is 8.58. The molecule has 3 rings (SSSR count). The van der Waals surface area contributed by atoms with Gasteiger partial charge in [-0.2, -0.15) is 0 Å². The molecule has 6 heteroatoms. The highest BCUT2D eigenvalue weighted by Gasteiger charge is 2.40. The van der Waals surface area contributed by atoms with Crippen molar-refractivity contribution in [1.82, 2.24) is 10.2 Å². The number of fused-ring (bicyclic) bond motifs is 2. The topological polar surface area (TPSA) is 75.4 Å². The first-order valence-electron chi connectivity index (χ1n) is 7.60. The van der Waals surface area contributed by atoms with Gasteiger partial charge in [0, 0.05) is 24.4 Å². The number of nitrogens with one attached hydrogen (secondary N) is 1. The van der Waals surface area contributed by atoms with Gasteiger partial charge in [-0.15, -0.1) is 0 Å². The lowest BCUT2D eigenvalue weighted by molar-refractivity contribution is -0.123. The van der Waals surface area contributed by atoms with Crippen molar-refractivity contribution in [1.29, 1.82) is 0 Å². The molecule has 1 heterocycles. The standard InChI is InChI=1S/C14H23N3O2S/c15-11-6-9-2-1-3-10(7-11)13(9)16-12(18)8-17-4-5-20-14(17)19/h9-11,13H,1-8,15H2,(H,16,18). The van der Waals surface area contributed by atoms with Crippen LogP contribution in [0.1, 0.15) is 32.1 Å². The molecule has 20 heavy (non-hydrogen) atoms. The summed E-state index contributed by atoms with van der Waals surface area (Å²) in [4.78, 5) is 25.4. The molecule has 5 nitrogen and oxygen atoms in total. The van der Waals surface area contributed by atoms with Gasteiger partial charge in [-0.05, 0) is 37.5 Å². The van der Waals surface area contributed by atoms with Crippen LogP contribution in [0.5, 0.6) is 0 Å². The average molecular weight is 297 g/mol. The largest absolute Gasteiger partial charge is 0.351 e. The first kappa shape index (κ1) is 14.2. The van der Waals surface area contributed by atoms with Gasteiger partial charge < -0.3 is 16.0 Å². The Bertz CT molecular complexity index is 390. The Balaban J connectivity index is 1.56. The molecular weight excluding hydrogens is 274 g/mol. The molecule has 112 valence electrons. The van der Waals surface area contributed by atoms with E-state index in [9.17, 15) is 9.59 Å². The number of thioether (sulfide) groups is 1. The molecule has 0 aromatic rings. The summed E-state index contributed by atoms with van der Waals surface area (Å²) in [5.74, 6) is 1.86. The number of amides is 2. The Hall–Kier alpha value is -0.750. The molecule has 3 fully saturated rings. The minimum atomic E-state index is -0.00165. The summed E-state index contributed by atoms with van der Waals surface area (Å²) in [6, 6.07) is 0.580. The summed E-state index contributed by atoms with van der Waals surface area (Å²) in [5.41, 5.74) is 6.10. The number of carbonyl (C=O) groups is 2. The maximum absolute atomic E-state index is 12.2. The fourth-order valence-electron chi connectivity index (χ4n) is 4.00. The summed E-state index contributed by atoms with van der Waals surface area (Å²) in [5, 5.41) is 3.22. The number of carbonyl (C=O) groups excluding carboxylic acids is 2. The molecule has 2 aliphatic carbocycles. The van der Waals surface area contributed by atoms with Crippen molar-refractivity contribution < 1.29 is 9.59 Å². The summed E-state index contributed by atoms with van der Waals surface area (Å²) in [6.07, 6.45) is 5.66. The number of hydrogen-bond acceptors (Lipinski definition) is 4. The lowest BCUT2D eigenvalue weighted by Gasteiger charge is -2.45. The number of rotatable bonds is 3. The number of hydrogen-bond donors (Lipinski definition) is 2. The third kappa shape index (κ3) is 2.96. The lowest BCUT2D eigenvalue weighted by Crippen LogP contribution is -2.55.